The van der Waals surface area contributed by atoms with Crippen LogP contribution in [0.3, 0.4) is 0 Å². The van der Waals surface area contributed by atoms with Gasteiger partial charge in [-0.1, -0.05) is 6.07 Å². The van der Waals surface area contributed by atoms with E-state index in [4.69, 9.17) is 5.26 Å². The summed E-state index contributed by atoms with van der Waals surface area (Å²) in [5.41, 5.74) is 3.07. The lowest BCUT2D eigenvalue weighted by atomic mass is 9.87. The molecule has 1 aliphatic rings. The molecule has 0 aliphatic heterocycles. The number of carbonyl (C=O) groups is 1. The standard InChI is InChI=1S/C16H20N2O/c1-11-3-6-14(9-12(11)2)16(19)18-15-7-4-13(10-17)5-8-15/h3,6,9,13,15H,4-5,7-8H2,1-2H3,(H,18,19). The van der Waals surface area contributed by atoms with Crippen molar-refractivity contribution in [2.45, 2.75) is 45.6 Å². The fourth-order valence-corrected chi connectivity index (χ4v) is 2.52. The molecule has 1 aliphatic carbocycles. The van der Waals surface area contributed by atoms with E-state index in [0.717, 1.165) is 36.8 Å². The number of aryl methyl sites for hydroxylation is 2. The number of hydrogen-bond donors (Lipinski definition) is 1. The Balaban J connectivity index is 1.94. The molecule has 3 heteroatoms. The molecule has 100 valence electrons. The first-order valence-corrected chi connectivity index (χ1v) is 6.88. The van der Waals surface area contributed by atoms with Crippen LogP contribution in [0.25, 0.3) is 0 Å². The van der Waals surface area contributed by atoms with Crippen LogP contribution in [0.4, 0.5) is 0 Å². The lowest BCUT2D eigenvalue weighted by molar-refractivity contribution is 0.0925. The topological polar surface area (TPSA) is 52.9 Å². The lowest BCUT2D eigenvalue weighted by Crippen LogP contribution is -2.37. The summed E-state index contributed by atoms with van der Waals surface area (Å²) in [5.74, 6) is 0.179. The molecule has 0 saturated heterocycles. The zero-order valence-electron chi connectivity index (χ0n) is 11.6. The van der Waals surface area contributed by atoms with Gasteiger partial charge in [0.05, 0.1) is 6.07 Å². The lowest BCUT2D eigenvalue weighted by Gasteiger charge is -2.25. The van der Waals surface area contributed by atoms with Crippen LogP contribution in [0.5, 0.6) is 0 Å². The van der Waals surface area contributed by atoms with Gasteiger partial charge in [-0.15, -0.1) is 0 Å². The van der Waals surface area contributed by atoms with Crippen molar-refractivity contribution in [2.75, 3.05) is 0 Å². The summed E-state index contributed by atoms with van der Waals surface area (Å²) in [6, 6.07) is 8.32. The second-order valence-corrected chi connectivity index (χ2v) is 5.45. The van der Waals surface area contributed by atoms with E-state index in [-0.39, 0.29) is 17.9 Å². The minimum Gasteiger partial charge on any atom is -0.349 e. The molecule has 0 aromatic heterocycles. The van der Waals surface area contributed by atoms with E-state index in [1.807, 2.05) is 32.0 Å². The van der Waals surface area contributed by atoms with Gasteiger partial charge in [-0.25, -0.2) is 0 Å². The summed E-state index contributed by atoms with van der Waals surface area (Å²) in [6.07, 6.45) is 3.62. The fourth-order valence-electron chi connectivity index (χ4n) is 2.52. The molecule has 0 heterocycles. The number of carbonyl (C=O) groups excluding carboxylic acids is 1. The Morgan fingerprint density at radius 2 is 1.89 bits per heavy atom. The smallest absolute Gasteiger partial charge is 0.251 e. The van der Waals surface area contributed by atoms with Crippen LogP contribution in [-0.4, -0.2) is 11.9 Å². The van der Waals surface area contributed by atoms with Crippen molar-refractivity contribution in [1.82, 2.24) is 5.32 Å². The molecule has 1 amide bonds. The third-order valence-electron chi connectivity index (χ3n) is 4.01. The average molecular weight is 256 g/mol. The zero-order chi connectivity index (χ0) is 13.8. The van der Waals surface area contributed by atoms with Crippen LogP contribution >= 0.6 is 0 Å². The fraction of sp³-hybridized carbons (Fsp3) is 0.500. The molecular weight excluding hydrogens is 236 g/mol. The number of nitrogens with one attached hydrogen (secondary N) is 1. The van der Waals surface area contributed by atoms with Crippen LogP contribution in [0, 0.1) is 31.1 Å². The Kier molecular flexibility index (Phi) is 4.21. The van der Waals surface area contributed by atoms with Crippen LogP contribution in [0.2, 0.25) is 0 Å². The van der Waals surface area contributed by atoms with Gasteiger partial charge in [0.2, 0.25) is 0 Å². The maximum Gasteiger partial charge on any atom is 0.251 e. The highest BCUT2D eigenvalue weighted by Crippen LogP contribution is 2.23. The predicted octanol–water partition coefficient (Wildman–Crippen LogP) is 3.12. The summed E-state index contributed by atoms with van der Waals surface area (Å²) >= 11 is 0. The van der Waals surface area contributed by atoms with Crippen LogP contribution in [-0.2, 0) is 0 Å². The SMILES string of the molecule is Cc1ccc(C(=O)NC2CCC(C#N)CC2)cc1C. The van der Waals surface area contributed by atoms with Gasteiger partial charge >= 0.3 is 0 Å². The van der Waals surface area contributed by atoms with Crippen molar-refractivity contribution >= 4 is 5.91 Å². The molecule has 0 atom stereocenters. The van der Waals surface area contributed by atoms with Crippen molar-refractivity contribution < 1.29 is 4.79 Å². The number of nitrogens with zero attached hydrogens (tertiary/aromatic N) is 1. The largest absolute Gasteiger partial charge is 0.349 e. The Bertz CT molecular complexity index is 508. The molecule has 1 aromatic rings. The van der Waals surface area contributed by atoms with Gasteiger partial charge in [0.1, 0.15) is 0 Å². The van der Waals surface area contributed by atoms with Gasteiger partial charge in [0.15, 0.2) is 0 Å². The molecule has 3 nitrogen and oxygen atoms in total. The monoisotopic (exact) mass is 256 g/mol. The van der Waals surface area contributed by atoms with E-state index in [1.165, 1.54) is 5.56 Å². The highest BCUT2D eigenvalue weighted by molar-refractivity contribution is 5.94. The molecule has 1 N–H and O–H groups in total. The quantitative estimate of drug-likeness (QED) is 0.884. The van der Waals surface area contributed by atoms with Gasteiger partial charge in [-0.05, 0) is 62.8 Å². The summed E-state index contributed by atoms with van der Waals surface area (Å²) in [4.78, 5) is 12.2. The minimum absolute atomic E-state index is 0.00325. The molecule has 19 heavy (non-hydrogen) atoms. The van der Waals surface area contributed by atoms with Crippen LogP contribution < -0.4 is 5.32 Å². The number of nitriles is 1. The van der Waals surface area contributed by atoms with E-state index in [9.17, 15) is 4.79 Å². The Hall–Kier alpha value is -1.82. The molecule has 0 spiro atoms. The summed E-state index contributed by atoms with van der Waals surface area (Å²) in [5, 5.41) is 11.9. The molecule has 1 aromatic carbocycles. The minimum atomic E-state index is 0.00325. The molecule has 0 unspecified atom stereocenters. The highest BCUT2D eigenvalue weighted by Gasteiger charge is 2.22. The third kappa shape index (κ3) is 3.35. The molecular formula is C16H20N2O. The highest BCUT2D eigenvalue weighted by atomic mass is 16.1. The first-order valence-electron chi connectivity index (χ1n) is 6.88. The van der Waals surface area contributed by atoms with E-state index >= 15 is 0 Å². The molecule has 0 radical (unpaired) electrons. The van der Waals surface area contributed by atoms with Crippen LogP contribution in [0.1, 0.15) is 47.2 Å². The second kappa shape index (κ2) is 5.88. The predicted molar refractivity (Wildman–Crippen MR) is 74.7 cm³/mol. The number of benzene rings is 1. The normalized spacial score (nSPS) is 22.6. The first kappa shape index (κ1) is 13.6. The van der Waals surface area contributed by atoms with Crippen molar-refractivity contribution in [2.24, 2.45) is 5.92 Å². The second-order valence-electron chi connectivity index (χ2n) is 5.45. The van der Waals surface area contributed by atoms with Gasteiger partial charge in [0.25, 0.3) is 5.91 Å². The zero-order valence-corrected chi connectivity index (χ0v) is 11.6. The van der Waals surface area contributed by atoms with E-state index in [1.54, 1.807) is 0 Å². The van der Waals surface area contributed by atoms with E-state index in [2.05, 4.69) is 11.4 Å². The Labute approximate surface area is 114 Å². The van der Waals surface area contributed by atoms with Crippen molar-refractivity contribution in [3.8, 4) is 6.07 Å². The number of amides is 1. The van der Waals surface area contributed by atoms with Gasteiger partial charge < -0.3 is 5.32 Å². The van der Waals surface area contributed by atoms with Gasteiger partial charge in [-0.2, -0.15) is 5.26 Å². The average Bonchev–Trinajstić information content (AvgIpc) is 2.42. The van der Waals surface area contributed by atoms with Crippen molar-refractivity contribution in [3.05, 3.63) is 34.9 Å². The number of hydrogen-bond acceptors (Lipinski definition) is 2. The summed E-state index contributed by atoms with van der Waals surface area (Å²) in [6.45, 7) is 4.06. The molecule has 1 fully saturated rings. The summed E-state index contributed by atoms with van der Waals surface area (Å²) < 4.78 is 0. The molecule has 0 bridgehead atoms. The van der Waals surface area contributed by atoms with Gasteiger partial charge in [0, 0.05) is 17.5 Å². The number of rotatable bonds is 2. The van der Waals surface area contributed by atoms with E-state index < -0.39 is 0 Å². The van der Waals surface area contributed by atoms with E-state index in [0.29, 0.717) is 0 Å². The van der Waals surface area contributed by atoms with Gasteiger partial charge in [-0.3, -0.25) is 4.79 Å². The summed E-state index contributed by atoms with van der Waals surface area (Å²) in [7, 11) is 0. The molecule has 2 rings (SSSR count). The maximum absolute atomic E-state index is 12.2. The van der Waals surface area contributed by atoms with Crippen molar-refractivity contribution in [3.63, 3.8) is 0 Å². The molecule has 1 saturated carbocycles. The Morgan fingerprint density at radius 1 is 1.21 bits per heavy atom. The maximum atomic E-state index is 12.2. The Morgan fingerprint density at radius 3 is 2.47 bits per heavy atom. The third-order valence-corrected chi connectivity index (χ3v) is 4.01. The first-order chi connectivity index (χ1) is 9.10. The van der Waals surface area contributed by atoms with Crippen LogP contribution in [0.15, 0.2) is 18.2 Å². The van der Waals surface area contributed by atoms with Crippen molar-refractivity contribution in [1.29, 1.82) is 5.26 Å².